The van der Waals surface area contributed by atoms with Gasteiger partial charge in [-0.1, -0.05) is 11.6 Å². The number of rotatable bonds is 7. The van der Waals surface area contributed by atoms with Crippen LogP contribution in [0.15, 0.2) is 29.2 Å². The SMILES string of the molecule is CSCC[C@H](NC(=O)OC(C)(C)C)C(=O)NS(=O)(=O)c1ccc(Cl)cc1. The molecule has 1 aromatic carbocycles. The zero-order valence-corrected chi connectivity index (χ0v) is 17.4. The first-order valence-corrected chi connectivity index (χ1v) is 11.0. The van der Waals surface area contributed by atoms with Gasteiger partial charge in [-0.2, -0.15) is 11.8 Å². The summed E-state index contributed by atoms with van der Waals surface area (Å²) in [6, 6.07) is 4.35. The largest absolute Gasteiger partial charge is 0.444 e. The molecule has 0 aliphatic heterocycles. The number of halogens is 1. The number of carbonyl (C=O) groups excluding carboxylic acids is 2. The molecule has 0 fully saturated rings. The van der Waals surface area contributed by atoms with E-state index in [0.717, 1.165) is 0 Å². The Hall–Kier alpha value is -1.45. The second-order valence-electron chi connectivity index (χ2n) is 6.40. The lowest BCUT2D eigenvalue weighted by atomic mass is 10.2. The maximum absolute atomic E-state index is 12.4. The molecule has 146 valence electrons. The molecule has 0 heterocycles. The zero-order valence-electron chi connectivity index (χ0n) is 15.0. The van der Waals surface area contributed by atoms with E-state index < -0.39 is 33.7 Å². The molecule has 0 radical (unpaired) electrons. The van der Waals surface area contributed by atoms with Crippen LogP contribution < -0.4 is 10.0 Å². The molecule has 7 nitrogen and oxygen atoms in total. The summed E-state index contributed by atoms with van der Waals surface area (Å²) in [4.78, 5) is 24.2. The molecular formula is C16H23ClN2O5S2. The van der Waals surface area contributed by atoms with Crippen molar-refractivity contribution >= 4 is 45.4 Å². The molecule has 0 saturated heterocycles. The fourth-order valence-electron chi connectivity index (χ4n) is 1.83. The molecule has 2 N–H and O–H groups in total. The summed E-state index contributed by atoms with van der Waals surface area (Å²) in [5.74, 6) is -0.283. The fraction of sp³-hybridized carbons (Fsp3) is 0.500. The molecular weight excluding hydrogens is 400 g/mol. The van der Waals surface area contributed by atoms with Gasteiger partial charge in [0.05, 0.1) is 4.90 Å². The number of alkyl carbamates (subject to hydrolysis) is 1. The number of benzene rings is 1. The third kappa shape index (κ3) is 7.84. The Morgan fingerprint density at radius 2 is 1.81 bits per heavy atom. The van der Waals surface area contributed by atoms with Gasteiger partial charge < -0.3 is 10.1 Å². The van der Waals surface area contributed by atoms with Crippen LogP contribution in [0.4, 0.5) is 4.79 Å². The quantitative estimate of drug-likeness (QED) is 0.700. The van der Waals surface area contributed by atoms with Gasteiger partial charge in [0.1, 0.15) is 11.6 Å². The molecule has 0 saturated carbocycles. The van der Waals surface area contributed by atoms with E-state index in [2.05, 4.69) is 5.32 Å². The number of hydrogen-bond acceptors (Lipinski definition) is 6. The highest BCUT2D eigenvalue weighted by Gasteiger charge is 2.27. The summed E-state index contributed by atoms with van der Waals surface area (Å²) in [5, 5.41) is 2.79. The topological polar surface area (TPSA) is 102 Å². The summed E-state index contributed by atoms with van der Waals surface area (Å²) in [6.45, 7) is 5.07. The maximum atomic E-state index is 12.4. The summed E-state index contributed by atoms with van der Waals surface area (Å²) in [6.07, 6.45) is 1.30. The van der Waals surface area contributed by atoms with E-state index >= 15 is 0 Å². The minimum absolute atomic E-state index is 0.101. The summed E-state index contributed by atoms with van der Waals surface area (Å²) < 4.78 is 31.8. The summed E-state index contributed by atoms with van der Waals surface area (Å²) in [5.41, 5.74) is -0.736. The van der Waals surface area contributed by atoms with Gasteiger partial charge in [-0.3, -0.25) is 4.79 Å². The fourth-order valence-corrected chi connectivity index (χ4v) is 3.45. The number of carbonyl (C=O) groups is 2. The first-order valence-electron chi connectivity index (χ1n) is 7.75. The Balaban J connectivity index is 2.87. The molecule has 2 amide bonds. The number of amides is 2. The third-order valence-electron chi connectivity index (χ3n) is 2.98. The van der Waals surface area contributed by atoms with Crippen LogP contribution in [0.25, 0.3) is 0 Å². The van der Waals surface area contributed by atoms with E-state index in [4.69, 9.17) is 16.3 Å². The van der Waals surface area contributed by atoms with Gasteiger partial charge in [0.2, 0.25) is 0 Å². The van der Waals surface area contributed by atoms with Crippen LogP contribution in [0.5, 0.6) is 0 Å². The Labute approximate surface area is 163 Å². The van der Waals surface area contributed by atoms with Crippen molar-refractivity contribution in [2.24, 2.45) is 0 Å². The molecule has 1 atom stereocenters. The molecule has 0 bridgehead atoms. The molecule has 0 unspecified atom stereocenters. The number of nitrogens with one attached hydrogen (secondary N) is 2. The molecule has 1 rings (SSSR count). The van der Waals surface area contributed by atoms with Crippen molar-refractivity contribution in [3.05, 3.63) is 29.3 Å². The standard InChI is InChI=1S/C16H23ClN2O5S2/c1-16(2,3)24-15(21)18-13(9-10-25-4)14(20)19-26(22,23)12-7-5-11(17)6-8-12/h5-8,13H,9-10H2,1-4H3,(H,18,21)(H,19,20)/t13-/m0/s1. The van der Waals surface area contributed by atoms with Crippen molar-refractivity contribution in [3.63, 3.8) is 0 Å². The first kappa shape index (κ1) is 22.6. The van der Waals surface area contributed by atoms with Crippen LogP contribution in [0.2, 0.25) is 5.02 Å². The normalized spacial score (nSPS) is 13.0. The Morgan fingerprint density at radius 3 is 2.31 bits per heavy atom. The average molecular weight is 423 g/mol. The van der Waals surface area contributed by atoms with Gasteiger partial charge in [-0.15, -0.1) is 0 Å². The van der Waals surface area contributed by atoms with Crippen LogP contribution in [0, 0.1) is 0 Å². The average Bonchev–Trinajstić information content (AvgIpc) is 2.49. The lowest BCUT2D eigenvalue weighted by Crippen LogP contribution is -2.49. The van der Waals surface area contributed by atoms with Gasteiger partial charge in [0, 0.05) is 5.02 Å². The Bertz CT molecular complexity index is 730. The van der Waals surface area contributed by atoms with Crippen LogP contribution in [-0.4, -0.2) is 44.1 Å². The molecule has 0 aromatic heterocycles. The molecule has 0 spiro atoms. The first-order chi connectivity index (χ1) is 11.9. The van der Waals surface area contributed by atoms with Crippen LogP contribution >= 0.6 is 23.4 Å². The molecule has 0 aliphatic rings. The molecule has 1 aromatic rings. The predicted molar refractivity (Wildman–Crippen MR) is 103 cm³/mol. The van der Waals surface area contributed by atoms with Gasteiger partial charge in [-0.05, 0) is 63.5 Å². The molecule has 10 heteroatoms. The number of ether oxygens (including phenoxy) is 1. The second-order valence-corrected chi connectivity index (χ2v) is 9.51. The van der Waals surface area contributed by atoms with Gasteiger partial charge in [0.15, 0.2) is 0 Å². The minimum Gasteiger partial charge on any atom is -0.444 e. The predicted octanol–water partition coefficient (Wildman–Crippen LogP) is 2.79. The zero-order chi connectivity index (χ0) is 20.0. The third-order valence-corrected chi connectivity index (χ3v) is 5.24. The van der Waals surface area contributed by atoms with Crippen molar-refractivity contribution in [2.75, 3.05) is 12.0 Å². The molecule has 0 aliphatic carbocycles. The number of hydrogen-bond donors (Lipinski definition) is 2. The second kappa shape index (κ2) is 9.48. The Kier molecular flexibility index (Phi) is 8.23. The van der Waals surface area contributed by atoms with Crippen LogP contribution in [0.3, 0.4) is 0 Å². The highest BCUT2D eigenvalue weighted by molar-refractivity contribution is 7.98. The van der Waals surface area contributed by atoms with E-state index in [0.29, 0.717) is 10.8 Å². The lowest BCUT2D eigenvalue weighted by Gasteiger charge is -2.23. The lowest BCUT2D eigenvalue weighted by molar-refractivity contribution is -0.121. The Morgan fingerprint density at radius 1 is 1.23 bits per heavy atom. The maximum Gasteiger partial charge on any atom is 0.408 e. The summed E-state index contributed by atoms with van der Waals surface area (Å²) >= 11 is 7.21. The van der Waals surface area contributed by atoms with Gasteiger partial charge in [-0.25, -0.2) is 17.9 Å². The summed E-state index contributed by atoms with van der Waals surface area (Å²) in [7, 11) is -4.07. The highest BCUT2D eigenvalue weighted by atomic mass is 35.5. The van der Waals surface area contributed by atoms with Crippen molar-refractivity contribution in [1.29, 1.82) is 0 Å². The van der Waals surface area contributed by atoms with Crippen LogP contribution in [0.1, 0.15) is 27.2 Å². The van der Waals surface area contributed by atoms with Crippen molar-refractivity contribution in [2.45, 2.75) is 43.7 Å². The van der Waals surface area contributed by atoms with E-state index in [1.807, 2.05) is 11.0 Å². The molecule has 26 heavy (non-hydrogen) atoms. The van der Waals surface area contributed by atoms with Crippen molar-refractivity contribution in [1.82, 2.24) is 10.0 Å². The van der Waals surface area contributed by atoms with Crippen LogP contribution in [-0.2, 0) is 19.6 Å². The van der Waals surface area contributed by atoms with E-state index in [1.54, 1.807) is 20.8 Å². The van der Waals surface area contributed by atoms with Gasteiger partial charge in [0.25, 0.3) is 15.9 Å². The monoisotopic (exact) mass is 422 g/mol. The van der Waals surface area contributed by atoms with E-state index in [9.17, 15) is 18.0 Å². The van der Waals surface area contributed by atoms with Crippen molar-refractivity contribution in [3.8, 4) is 0 Å². The van der Waals surface area contributed by atoms with E-state index in [-0.39, 0.29) is 11.3 Å². The smallest absolute Gasteiger partial charge is 0.408 e. The van der Waals surface area contributed by atoms with E-state index in [1.165, 1.54) is 36.0 Å². The van der Waals surface area contributed by atoms with Gasteiger partial charge >= 0.3 is 6.09 Å². The number of thioether (sulfide) groups is 1. The highest BCUT2D eigenvalue weighted by Crippen LogP contribution is 2.14. The minimum atomic E-state index is -4.07. The number of sulfonamides is 1. The van der Waals surface area contributed by atoms with Crippen molar-refractivity contribution < 1.29 is 22.7 Å².